The summed E-state index contributed by atoms with van der Waals surface area (Å²) in [6.45, 7) is 0.934. The van der Waals surface area contributed by atoms with Gasteiger partial charge in [-0.3, -0.25) is 0 Å². The largest absolute Gasteiger partial charge is 0.330 e. The predicted octanol–water partition coefficient (Wildman–Crippen LogP) is 6.06. The second kappa shape index (κ2) is 8.18. The van der Waals surface area contributed by atoms with E-state index in [1.54, 1.807) is 0 Å². The minimum absolute atomic E-state index is 0.635. The summed E-state index contributed by atoms with van der Waals surface area (Å²) in [5, 5.41) is 0. The summed E-state index contributed by atoms with van der Waals surface area (Å²) in [6, 6.07) is 0. The molecule has 3 aliphatic rings. The molecule has 22 heavy (non-hydrogen) atoms. The molecule has 1 nitrogen and oxygen atoms in total. The Morgan fingerprint density at radius 2 is 0.864 bits per heavy atom. The van der Waals surface area contributed by atoms with Gasteiger partial charge in [-0.25, -0.2) is 0 Å². The van der Waals surface area contributed by atoms with E-state index in [2.05, 4.69) is 0 Å². The number of hydrogen-bond donors (Lipinski definition) is 1. The molecule has 3 aliphatic carbocycles. The smallest absolute Gasteiger partial charge is 0.00717 e. The fourth-order valence-corrected chi connectivity index (χ4v) is 6.78. The first-order valence-corrected chi connectivity index (χ1v) is 10.6. The Balaban J connectivity index is 1.88. The fraction of sp³-hybridized carbons (Fsp3) is 1.00. The summed E-state index contributed by atoms with van der Waals surface area (Å²) in [7, 11) is 0. The average Bonchev–Trinajstić information content (AvgIpc) is 2.62. The Kier molecular flexibility index (Phi) is 6.24. The molecule has 0 aliphatic heterocycles. The Hall–Kier alpha value is -0.0400. The lowest BCUT2D eigenvalue weighted by Crippen LogP contribution is -2.48. The van der Waals surface area contributed by atoms with Crippen molar-refractivity contribution < 1.29 is 0 Å². The third kappa shape index (κ3) is 3.40. The summed E-state index contributed by atoms with van der Waals surface area (Å²) >= 11 is 0. The molecule has 2 N–H and O–H groups in total. The first-order valence-electron chi connectivity index (χ1n) is 10.6. The summed E-state index contributed by atoms with van der Waals surface area (Å²) < 4.78 is 0. The Morgan fingerprint density at radius 3 is 1.14 bits per heavy atom. The normalized spacial score (nSPS) is 27.1. The van der Waals surface area contributed by atoms with E-state index in [-0.39, 0.29) is 0 Å². The van der Waals surface area contributed by atoms with Crippen LogP contribution in [0, 0.1) is 23.2 Å². The van der Waals surface area contributed by atoms with Gasteiger partial charge in [0.25, 0.3) is 0 Å². The van der Waals surface area contributed by atoms with Crippen molar-refractivity contribution in [2.24, 2.45) is 28.9 Å². The molecule has 0 unspecified atom stereocenters. The minimum Gasteiger partial charge on any atom is -0.330 e. The Bertz CT molecular complexity index is 260. The first kappa shape index (κ1) is 16.8. The number of hydrogen-bond acceptors (Lipinski definition) is 1. The van der Waals surface area contributed by atoms with Crippen molar-refractivity contribution in [3.8, 4) is 0 Å². The molecule has 128 valence electrons. The molecule has 0 aromatic rings. The van der Waals surface area contributed by atoms with Crippen molar-refractivity contribution in [2.45, 2.75) is 103 Å². The van der Waals surface area contributed by atoms with E-state index < -0.39 is 0 Å². The molecule has 3 fully saturated rings. The maximum absolute atomic E-state index is 6.23. The van der Waals surface area contributed by atoms with Crippen LogP contribution in [0.1, 0.15) is 103 Å². The van der Waals surface area contributed by atoms with Crippen LogP contribution < -0.4 is 5.73 Å². The van der Waals surface area contributed by atoms with Crippen LogP contribution in [0.3, 0.4) is 0 Å². The highest BCUT2D eigenvalue weighted by molar-refractivity contribution is 4.99. The van der Waals surface area contributed by atoms with E-state index >= 15 is 0 Å². The van der Waals surface area contributed by atoms with Crippen LogP contribution in [-0.4, -0.2) is 6.54 Å². The van der Waals surface area contributed by atoms with Gasteiger partial charge in [-0.05, 0) is 74.7 Å². The van der Waals surface area contributed by atoms with Gasteiger partial charge in [0.15, 0.2) is 0 Å². The zero-order valence-corrected chi connectivity index (χ0v) is 14.8. The molecule has 1 heteroatoms. The molecule has 3 saturated carbocycles. The van der Waals surface area contributed by atoms with Crippen molar-refractivity contribution in [2.75, 3.05) is 6.54 Å². The average molecular weight is 306 g/mol. The fourth-order valence-electron chi connectivity index (χ4n) is 6.78. The zero-order valence-electron chi connectivity index (χ0n) is 14.8. The van der Waals surface area contributed by atoms with E-state index in [4.69, 9.17) is 5.73 Å². The van der Waals surface area contributed by atoms with Crippen LogP contribution in [0.25, 0.3) is 0 Å². The maximum Gasteiger partial charge on any atom is -0.00717 e. The first-order chi connectivity index (χ1) is 10.9. The van der Waals surface area contributed by atoms with Crippen LogP contribution in [-0.2, 0) is 0 Å². The maximum atomic E-state index is 6.23. The number of rotatable bonds is 5. The lowest BCUT2D eigenvalue weighted by Gasteiger charge is -2.55. The van der Waals surface area contributed by atoms with Crippen LogP contribution in [0.15, 0.2) is 0 Å². The SMILES string of the molecule is NCCC(C1CCCCC1)(C1CCCCC1)C1CCCCC1. The highest BCUT2D eigenvalue weighted by Gasteiger charge is 2.49. The van der Waals surface area contributed by atoms with Gasteiger partial charge in [0, 0.05) is 0 Å². The molecule has 0 saturated heterocycles. The summed E-state index contributed by atoms with van der Waals surface area (Å²) in [5.41, 5.74) is 6.87. The second-order valence-electron chi connectivity index (χ2n) is 8.66. The van der Waals surface area contributed by atoms with Gasteiger partial charge in [0.1, 0.15) is 0 Å². The molecular weight excluding hydrogens is 266 g/mol. The highest BCUT2D eigenvalue weighted by Crippen LogP contribution is 2.58. The summed E-state index contributed by atoms with van der Waals surface area (Å²) in [4.78, 5) is 0. The van der Waals surface area contributed by atoms with Crippen LogP contribution >= 0.6 is 0 Å². The summed E-state index contributed by atoms with van der Waals surface area (Å²) in [6.07, 6.45) is 23.9. The predicted molar refractivity (Wildman–Crippen MR) is 95.8 cm³/mol. The van der Waals surface area contributed by atoms with Crippen LogP contribution in [0.4, 0.5) is 0 Å². The summed E-state index contributed by atoms with van der Waals surface area (Å²) in [5.74, 6) is 3.03. The molecule has 0 amide bonds. The van der Waals surface area contributed by atoms with Crippen molar-refractivity contribution in [1.82, 2.24) is 0 Å². The van der Waals surface area contributed by atoms with Crippen LogP contribution in [0.5, 0.6) is 0 Å². The number of nitrogens with two attached hydrogens (primary N) is 1. The zero-order chi connectivity index (χ0) is 15.3. The standard InChI is InChI=1S/C21H39N/c22-17-16-21(18-10-4-1-5-11-18,19-12-6-2-7-13-19)20-14-8-3-9-15-20/h18-20H,1-17,22H2. The van der Waals surface area contributed by atoms with Gasteiger partial charge in [-0.15, -0.1) is 0 Å². The van der Waals surface area contributed by atoms with Crippen molar-refractivity contribution in [3.05, 3.63) is 0 Å². The third-order valence-electron chi connectivity index (χ3n) is 7.67. The van der Waals surface area contributed by atoms with Gasteiger partial charge in [-0.2, -0.15) is 0 Å². The molecule has 0 spiro atoms. The topological polar surface area (TPSA) is 26.0 Å². The van der Waals surface area contributed by atoms with Gasteiger partial charge in [0.2, 0.25) is 0 Å². The third-order valence-corrected chi connectivity index (χ3v) is 7.67. The minimum atomic E-state index is 0.635. The molecular formula is C21H39N. The molecule has 0 heterocycles. The van der Waals surface area contributed by atoms with Gasteiger partial charge < -0.3 is 5.73 Å². The van der Waals surface area contributed by atoms with Crippen molar-refractivity contribution >= 4 is 0 Å². The highest BCUT2D eigenvalue weighted by atomic mass is 14.6. The van der Waals surface area contributed by atoms with Gasteiger partial charge >= 0.3 is 0 Å². The Labute approximate surface area is 138 Å². The molecule has 0 atom stereocenters. The Morgan fingerprint density at radius 1 is 0.545 bits per heavy atom. The lowest BCUT2D eigenvalue weighted by molar-refractivity contribution is -0.0533. The van der Waals surface area contributed by atoms with E-state index in [0.29, 0.717) is 5.41 Å². The van der Waals surface area contributed by atoms with E-state index in [1.165, 1.54) is 103 Å². The van der Waals surface area contributed by atoms with Gasteiger partial charge in [-0.1, -0.05) is 57.8 Å². The quantitative estimate of drug-likeness (QED) is 0.656. The molecule has 0 radical (unpaired) electrons. The monoisotopic (exact) mass is 305 g/mol. The van der Waals surface area contributed by atoms with E-state index in [1.807, 2.05) is 0 Å². The van der Waals surface area contributed by atoms with E-state index in [9.17, 15) is 0 Å². The molecule has 0 aromatic carbocycles. The van der Waals surface area contributed by atoms with Crippen LogP contribution in [0.2, 0.25) is 0 Å². The molecule has 0 aromatic heterocycles. The van der Waals surface area contributed by atoms with Crippen molar-refractivity contribution in [1.29, 1.82) is 0 Å². The second-order valence-corrected chi connectivity index (χ2v) is 8.66. The lowest BCUT2D eigenvalue weighted by atomic mass is 9.50. The molecule has 0 bridgehead atoms. The molecule has 3 rings (SSSR count). The van der Waals surface area contributed by atoms with Crippen molar-refractivity contribution in [3.63, 3.8) is 0 Å². The van der Waals surface area contributed by atoms with E-state index in [0.717, 1.165) is 24.3 Å². The van der Waals surface area contributed by atoms with Gasteiger partial charge in [0.05, 0.1) is 0 Å².